The van der Waals surface area contributed by atoms with Crippen LogP contribution in [0.1, 0.15) is 79.2 Å². The molecule has 4 rings (SSSR count). The number of fused-ring (bicyclic) bond motifs is 1. The topological polar surface area (TPSA) is 55.1 Å². The molecule has 1 aromatic heterocycles. The molecule has 4 nitrogen and oxygen atoms in total. The molecule has 1 heterocycles. The first-order valence-electron chi connectivity index (χ1n) is 10.1. The van der Waals surface area contributed by atoms with Gasteiger partial charge in [-0.05, 0) is 58.1 Å². The molecule has 0 aliphatic heterocycles. The van der Waals surface area contributed by atoms with E-state index < -0.39 is 5.97 Å². The fourth-order valence-electron chi connectivity index (χ4n) is 4.54. The Balaban J connectivity index is 1.85. The van der Waals surface area contributed by atoms with Crippen molar-refractivity contribution in [2.45, 2.75) is 57.4 Å². The maximum atomic E-state index is 11.3. The molecule has 1 aliphatic rings. The van der Waals surface area contributed by atoms with E-state index in [1.165, 1.54) is 29.5 Å². The van der Waals surface area contributed by atoms with Gasteiger partial charge in [-0.15, -0.1) is 0 Å². The highest BCUT2D eigenvalue weighted by molar-refractivity contribution is 5.87. The zero-order chi connectivity index (χ0) is 20.8. The molecular weight excluding hydrogens is 360 g/mol. The Morgan fingerprint density at radius 1 is 0.966 bits per heavy atom. The van der Waals surface area contributed by atoms with E-state index in [9.17, 15) is 9.90 Å². The minimum atomic E-state index is -0.909. The molecule has 0 bridgehead atoms. The van der Waals surface area contributed by atoms with Crippen molar-refractivity contribution in [1.29, 1.82) is 0 Å². The summed E-state index contributed by atoms with van der Waals surface area (Å²) in [4.78, 5) is 15.5. The summed E-state index contributed by atoms with van der Waals surface area (Å²) in [7, 11) is 0. The van der Waals surface area contributed by atoms with E-state index in [1.807, 2.05) is 24.7 Å². The van der Waals surface area contributed by atoms with Gasteiger partial charge in [-0.3, -0.25) is 0 Å². The van der Waals surface area contributed by atoms with E-state index in [-0.39, 0.29) is 16.9 Å². The lowest BCUT2D eigenvalue weighted by Gasteiger charge is -2.42. The second-order valence-electron chi connectivity index (χ2n) is 9.41. The minimum Gasteiger partial charge on any atom is -0.478 e. The van der Waals surface area contributed by atoms with Crippen molar-refractivity contribution in [1.82, 2.24) is 9.55 Å². The molecule has 1 atom stereocenters. The van der Waals surface area contributed by atoms with Crippen LogP contribution in [-0.2, 0) is 10.8 Å². The number of rotatable bonds is 4. The third-order valence-corrected chi connectivity index (χ3v) is 6.49. The molecule has 0 fully saturated rings. The summed E-state index contributed by atoms with van der Waals surface area (Å²) in [5.74, 6) is -0.909. The van der Waals surface area contributed by atoms with Crippen molar-refractivity contribution in [3.8, 4) is 0 Å². The van der Waals surface area contributed by atoms with Crippen LogP contribution in [0.4, 0.5) is 0 Å². The zero-order valence-electron chi connectivity index (χ0n) is 17.5. The molecule has 1 unspecified atom stereocenters. The monoisotopic (exact) mass is 388 g/mol. The fourth-order valence-corrected chi connectivity index (χ4v) is 4.54. The second-order valence-corrected chi connectivity index (χ2v) is 9.41. The van der Waals surface area contributed by atoms with Crippen LogP contribution < -0.4 is 0 Å². The van der Waals surface area contributed by atoms with Gasteiger partial charge in [0.15, 0.2) is 0 Å². The Labute approximate surface area is 172 Å². The lowest BCUT2D eigenvalue weighted by Crippen LogP contribution is -2.34. The average Bonchev–Trinajstić information content (AvgIpc) is 3.20. The summed E-state index contributed by atoms with van der Waals surface area (Å²) in [5.41, 5.74) is 5.69. The molecule has 3 aromatic rings. The van der Waals surface area contributed by atoms with Gasteiger partial charge in [0.05, 0.1) is 17.9 Å². The Kier molecular flexibility index (Phi) is 4.60. The summed E-state index contributed by atoms with van der Waals surface area (Å²) in [6.07, 6.45) is 7.92. The van der Waals surface area contributed by atoms with Crippen LogP contribution in [0.15, 0.2) is 61.2 Å². The van der Waals surface area contributed by atoms with Gasteiger partial charge in [0.1, 0.15) is 0 Å². The van der Waals surface area contributed by atoms with Crippen LogP contribution in [0.2, 0.25) is 0 Å². The second kappa shape index (κ2) is 6.87. The van der Waals surface area contributed by atoms with Crippen molar-refractivity contribution >= 4 is 5.97 Å². The van der Waals surface area contributed by atoms with Crippen LogP contribution in [0.25, 0.3) is 0 Å². The number of hydrogen-bond acceptors (Lipinski definition) is 2. The number of aromatic carboxylic acids is 1. The Bertz CT molecular complexity index is 1030. The molecule has 150 valence electrons. The zero-order valence-corrected chi connectivity index (χ0v) is 17.5. The maximum absolute atomic E-state index is 11.3. The standard InChI is InChI=1S/C25H28N2O2/c1-24(2)11-12-25(3,4)21-15-19(9-10-20(21)24)22(27-14-13-26-16-27)17-5-7-18(8-6-17)23(28)29/h5-10,13-16,22H,11-12H2,1-4H3,(H,28,29). The van der Waals surface area contributed by atoms with E-state index >= 15 is 0 Å². The van der Waals surface area contributed by atoms with Crippen LogP contribution in [0.5, 0.6) is 0 Å². The molecular formula is C25H28N2O2. The van der Waals surface area contributed by atoms with Gasteiger partial charge >= 0.3 is 5.97 Å². The van der Waals surface area contributed by atoms with E-state index in [0.717, 1.165) is 5.56 Å². The van der Waals surface area contributed by atoms with Crippen LogP contribution in [0, 0.1) is 0 Å². The van der Waals surface area contributed by atoms with E-state index in [1.54, 1.807) is 18.3 Å². The van der Waals surface area contributed by atoms with Gasteiger partial charge in [0, 0.05) is 12.4 Å². The lowest BCUT2D eigenvalue weighted by atomic mass is 9.63. The average molecular weight is 389 g/mol. The summed E-state index contributed by atoms with van der Waals surface area (Å²) in [6, 6.07) is 14.0. The number of aromatic nitrogens is 2. The number of carbonyl (C=O) groups is 1. The first kappa shape index (κ1) is 19.4. The predicted molar refractivity (Wildman–Crippen MR) is 115 cm³/mol. The summed E-state index contributed by atoms with van der Waals surface area (Å²) in [6.45, 7) is 9.33. The Hall–Kier alpha value is -2.88. The largest absolute Gasteiger partial charge is 0.478 e. The van der Waals surface area contributed by atoms with Crippen LogP contribution >= 0.6 is 0 Å². The third kappa shape index (κ3) is 3.48. The first-order valence-corrected chi connectivity index (χ1v) is 10.1. The number of benzene rings is 2. The predicted octanol–water partition coefficient (Wildman–Crippen LogP) is 5.57. The van der Waals surface area contributed by atoms with Gasteiger partial charge in [-0.2, -0.15) is 0 Å². The summed E-state index contributed by atoms with van der Waals surface area (Å²) < 4.78 is 2.08. The number of carboxylic acids is 1. The molecule has 0 saturated carbocycles. The molecule has 29 heavy (non-hydrogen) atoms. The molecule has 1 aliphatic carbocycles. The summed E-state index contributed by atoms with van der Waals surface area (Å²) >= 11 is 0. The van der Waals surface area contributed by atoms with Crippen molar-refractivity contribution in [2.24, 2.45) is 0 Å². The number of carboxylic acid groups (broad SMARTS) is 1. The minimum absolute atomic E-state index is 0.0496. The van der Waals surface area contributed by atoms with Gasteiger partial charge in [-0.1, -0.05) is 58.0 Å². The highest BCUT2D eigenvalue weighted by Crippen LogP contribution is 2.46. The van der Waals surface area contributed by atoms with Crippen molar-refractivity contribution < 1.29 is 9.90 Å². The first-order chi connectivity index (χ1) is 13.7. The van der Waals surface area contributed by atoms with E-state index in [0.29, 0.717) is 5.56 Å². The molecule has 0 saturated heterocycles. The lowest BCUT2D eigenvalue weighted by molar-refractivity contribution is 0.0697. The number of nitrogens with zero attached hydrogens (tertiary/aromatic N) is 2. The molecule has 0 spiro atoms. The number of imidazole rings is 1. The van der Waals surface area contributed by atoms with Crippen molar-refractivity contribution in [3.63, 3.8) is 0 Å². The van der Waals surface area contributed by atoms with Gasteiger partial charge in [0.25, 0.3) is 0 Å². The normalized spacial score (nSPS) is 18.1. The fraction of sp³-hybridized carbons (Fsp3) is 0.360. The van der Waals surface area contributed by atoms with Crippen molar-refractivity contribution in [2.75, 3.05) is 0 Å². The Morgan fingerprint density at radius 3 is 2.17 bits per heavy atom. The number of hydrogen-bond donors (Lipinski definition) is 1. The highest BCUT2D eigenvalue weighted by atomic mass is 16.4. The Morgan fingerprint density at radius 2 is 1.59 bits per heavy atom. The van der Waals surface area contributed by atoms with Crippen LogP contribution in [-0.4, -0.2) is 20.6 Å². The van der Waals surface area contributed by atoms with E-state index in [2.05, 4.69) is 55.4 Å². The van der Waals surface area contributed by atoms with Crippen LogP contribution in [0.3, 0.4) is 0 Å². The smallest absolute Gasteiger partial charge is 0.335 e. The van der Waals surface area contributed by atoms with Gasteiger partial charge in [0.2, 0.25) is 0 Å². The molecule has 0 amide bonds. The molecule has 2 aromatic carbocycles. The van der Waals surface area contributed by atoms with Gasteiger partial charge < -0.3 is 9.67 Å². The molecule has 4 heteroatoms. The third-order valence-electron chi connectivity index (χ3n) is 6.49. The maximum Gasteiger partial charge on any atom is 0.335 e. The molecule has 0 radical (unpaired) electrons. The molecule has 1 N–H and O–H groups in total. The SMILES string of the molecule is CC1(C)CCC(C)(C)c2cc(C(c3ccc(C(=O)O)cc3)n3ccnc3)ccc21. The quantitative estimate of drug-likeness (QED) is 0.636. The summed E-state index contributed by atoms with van der Waals surface area (Å²) in [5, 5.41) is 9.24. The van der Waals surface area contributed by atoms with Gasteiger partial charge in [-0.25, -0.2) is 9.78 Å². The van der Waals surface area contributed by atoms with E-state index in [4.69, 9.17) is 0 Å². The van der Waals surface area contributed by atoms with Crippen molar-refractivity contribution in [3.05, 3.63) is 89.0 Å². The highest BCUT2D eigenvalue weighted by Gasteiger charge is 2.37.